The van der Waals surface area contributed by atoms with Crippen LogP contribution in [0.3, 0.4) is 0 Å². The third kappa shape index (κ3) is 5.31. The number of hydrogen-bond donors (Lipinski definition) is 0. The molecule has 0 saturated carbocycles. The van der Waals surface area contributed by atoms with Gasteiger partial charge in [-0.25, -0.2) is 9.98 Å². The van der Waals surface area contributed by atoms with Crippen LogP contribution >= 0.6 is 0 Å². The van der Waals surface area contributed by atoms with Crippen LogP contribution in [0.5, 0.6) is 0 Å². The van der Waals surface area contributed by atoms with Gasteiger partial charge in [-0.1, -0.05) is 119 Å². The van der Waals surface area contributed by atoms with E-state index in [2.05, 4.69) is 139 Å². The lowest BCUT2D eigenvalue weighted by Gasteiger charge is -2.26. The lowest BCUT2D eigenvalue weighted by molar-refractivity contribution is 0.161. The minimum Gasteiger partial charge on any atom is -0.469 e. The number of hydrogen-bond acceptors (Lipinski definition) is 4. The Morgan fingerprint density at radius 2 is 0.805 bits per heavy atom. The molecule has 208 valence electrons. The molecule has 0 spiro atoms. The molecule has 0 aromatic heterocycles. The van der Waals surface area contributed by atoms with Crippen LogP contribution in [0.25, 0.3) is 0 Å². The molecule has 0 N–H and O–H groups in total. The smallest absolute Gasteiger partial charge is 0.200 e. The van der Waals surface area contributed by atoms with E-state index in [9.17, 15) is 0 Å². The monoisotopic (exact) mass is 542 g/mol. The Labute approximate surface area is 243 Å². The number of aryl methyl sites for hydroxylation is 4. The first-order valence-corrected chi connectivity index (χ1v) is 14.5. The van der Waals surface area contributed by atoms with Crippen molar-refractivity contribution in [2.45, 2.75) is 65.8 Å². The predicted octanol–water partition coefficient (Wildman–Crippen LogP) is 9.07. The summed E-state index contributed by atoms with van der Waals surface area (Å²) in [6.07, 6.45) is -0.457. The fourth-order valence-corrected chi connectivity index (χ4v) is 5.93. The van der Waals surface area contributed by atoms with Gasteiger partial charge in [0.2, 0.25) is 0 Å². The van der Waals surface area contributed by atoms with Gasteiger partial charge in [0.25, 0.3) is 0 Å². The Bertz CT molecular complexity index is 1530. The molecule has 0 amide bonds. The van der Waals surface area contributed by atoms with Gasteiger partial charge in [0.1, 0.15) is 17.5 Å². The van der Waals surface area contributed by atoms with Crippen molar-refractivity contribution in [2.75, 3.05) is 0 Å². The quantitative estimate of drug-likeness (QED) is 0.244. The molecule has 0 bridgehead atoms. The van der Waals surface area contributed by atoms with Crippen LogP contribution in [0.15, 0.2) is 107 Å². The highest BCUT2D eigenvalue weighted by atomic mass is 16.5. The summed E-state index contributed by atoms with van der Waals surface area (Å²) in [7, 11) is 0. The van der Waals surface area contributed by atoms with E-state index in [-0.39, 0.29) is 24.3 Å². The van der Waals surface area contributed by atoms with Crippen LogP contribution in [0.4, 0.5) is 0 Å². The molecule has 4 heteroatoms. The van der Waals surface area contributed by atoms with Crippen molar-refractivity contribution < 1.29 is 9.47 Å². The fourth-order valence-electron chi connectivity index (χ4n) is 5.93. The Hall–Kier alpha value is -4.18. The van der Waals surface area contributed by atoms with Gasteiger partial charge in [-0.05, 0) is 63.8 Å². The Balaban J connectivity index is 1.40. The highest BCUT2D eigenvalue weighted by Crippen LogP contribution is 2.48. The summed E-state index contributed by atoms with van der Waals surface area (Å²) >= 11 is 0. The van der Waals surface area contributed by atoms with E-state index in [0.717, 1.165) is 22.3 Å². The molecule has 2 aliphatic heterocycles. The number of benzene rings is 4. The van der Waals surface area contributed by atoms with Crippen LogP contribution in [0.2, 0.25) is 0 Å². The molecule has 6 rings (SSSR count). The first-order valence-electron chi connectivity index (χ1n) is 14.5. The third-order valence-electron chi connectivity index (χ3n) is 8.14. The largest absolute Gasteiger partial charge is 0.469 e. The average Bonchev–Trinajstić information content (AvgIpc) is 3.60. The zero-order valence-corrected chi connectivity index (χ0v) is 24.8. The average molecular weight is 543 g/mol. The van der Waals surface area contributed by atoms with Gasteiger partial charge in [0, 0.05) is 0 Å². The van der Waals surface area contributed by atoms with Gasteiger partial charge in [-0.15, -0.1) is 0 Å². The molecule has 41 heavy (non-hydrogen) atoms. The maximum Gasteiger partial charge on any atom is 0.200 e. The molecule has 4 atom stereocenters. The van der Waals surface area contributed by atoms with E-state index < -0.39 is 5.41 Å². The predicted molar refractivity (Wildman–Crippen MR) is 167 cm³/mol. The van der Waals surface area contributed by atoms with Crippen molar-refractivity contribution in [1.29, 1.82) is 0 Å². The molecule has 4 aromatic rings. The summed E-state index contributed by atoms with van der Waals surface area (Å²) in [5, 5.41) is 0. The summed E-state index contributed by atoms with van der Waals surface area (Å²) in [6, 6.07) is 33.9. The molecule has 2 aliphatic rings. The maximum atomic E-state index is 6.80. The van der Waals surface area contributed by atoms with E-state index in [1.54, 1.807) is 0 Å². The summed E-state index contributed by atoms with van der Waals surface area (Å²) in [5.41, 5.74) is 8.68. The molecule has 0 fully saturated rings. The molecule has 2 heterocycles. The second kappa shape index (κ2) is 10.7. The van der Waals surface area contributed by atoms with E-state index in [0.29, 0.717) is 11.8 Å². The Morgan fingerprint density at radius 1 is 0.488 bits per heavy atom. The molecule has 0 aliphatic carbocycles. The normalized spacial score (nSPS) is 22.1. The standard InChI is InChI=1S/C37H38N2O2/c1-23-11-7-15-27(19-23)31-33(29-17-9-13-25(3)21-29)40-35(38-31)37(5,6)36-39-32(28-16-8-12-24(2)20-28)34(41-36)30-18-10-14-26(4)22-30/h7-22,31-34H,1-6H3. The second-order valence-electron chi connectivity index (χ2n) is 12.1. The summed E-state index contributed by atoms with van der Waals surface area (Å²) in [6.45, 7) is 12.7. The lowest BCUT2D eigenvalue weighted by Crippen LogP contribution is -2.34. The van der Waals surface area contributed by atoms with Gasteiger partial charge in [-0.3, -0.25) is 0 Å². The van der Waals surface area contributed by atoms with Gasteiger partial charge in [0.05, 0.1) is 0 Å². The Morgan fingerprint density at radius 3 is 1.15 bits per heavy atom. The van der Waals surface area contributed by atoms with Crippen molar-refractivity contribution in [3.63, 3.8) is 0 Å². The first kappa shape index (κ1) is 27.0. The van der Waals surface area contributed by atoms with E-state index >= 15 is 0 Å². The topological polar surface area (TPSA) is 43.2 Å². The van der Waals surface area contributed by atoms with Crippen LogP contribution in [-0.2, 0) is 9.47 Å². The minimum atomic E-state index is -0.665. The second-order valence-corrected chi connectivity index (χ2v) is 12.1. The van der Waals surface area contributed by atoms with Crippen molar-refractivity contribution in [2.24, 2.45) is 15.4 Å². The SMILES string of the molecule is Cc1cccc(C2N=C(C(C)(C)C3=NC(c4cccc(C)c4)C(c4cccc(C)c4)O3)OC2c2cccc(C)c2)c1. The number of aliphatic imine (C=N–C) groups is 2. The number of rotatable bonds is 6. The van der Waals surface area contributed by atoms with Gasteiger partial charge in [0.15, 0.2) is 24.0 Å². The molecular formula is C37H38N2O2. The minimum absolute atomic E-state index is 0.159. The molecule has 4 nitrogen and oxygen atoms in total. The van der Waals surface area contributed by atoms with Gasteiger partial charge < -0.3 is 9.47 Å². The van der Waals surface area contributed by atoms with Crippen molar-refractivity contribution >= 4 is 11.8 Å². The summed E-state index contributed by atoms with van der Waals surface area (Å²) in [4.78, 5) is 10.5. The van der Waals surface area contributed by atoms with Crippen LogP contribution < -0.4 is 0 Å². The van der Waals surface area contributed by atoms with E-state index in [1.807, 2.05) is 0 Å². The zero-order valence-electron chi connectivity index (χ0n) is 24.8. The number of ether oxygens (including phenoxy) is 2. The zero-order chi connectivity index (χ0) is 28.7. The van der Waals surface area contributed by atoms with Crippen molar-refractivity contribution in [3.8, 4) is 0 Å². The van der Waals surface area contributed by atoms with Gasteiger partial charge in [-0.2, -0.15) is 0 Å². The molecule has 0 saturated heterocycles. The molecule has 4 unspecified atom stereocenters. The lowest BCUT2D eigenvalue weighted by atomic mass is 9.92. The molecular weight excluding hydrogens is 504 g/mol. The summed E-state index contributed by atoms with van der Waals surface area (Å²) < 4.78 is 13.6. The first-order chi connectivity index (χ1) is 19.7. The van der Waals surface area contributed by atoms with E-state index in [1.165, 1.54) is 22.3 Å². The number of nitrogens with zero attached hydrogens (tertiary/aromatic N) is 2. The van der Waals surface area contributed by atoms with E-state index in [4.69, 9.17) is 19.5 Å². The Kier molecular flexibility index (Phi) is 7.03. The maximum absolute atomic E-state index is 6.80. The van der Waals surface area contributed by atoms with Crippen LogP contribution in [0, 0.1) is 33.1 Å². The van der Waals surface area contributed by atoms with Crippen LogP contribution in [-0.4, -0.2) is 11.8 Å². The fraction of sp³-hybridized carbons (Fsp3) is 0.297. The summed E-state index contributed by atoms with van der Waals surface area (Å²) in [5.74, 6) is 1.31. The highest BCUT2D eigenvalue weighted by molar-refractivity contribution is 6.05. The van der Waals surface area contributed by atoms with Gasteiger partial charge >= 0.3 is 0 Å². The third-order valence-corrected chi connectivity index (χ3v) is 8.14. The van der Waals surface area contributed by atoms with Crippen molar-refractivity contribution in [3.05, 3.63) is 142 Å². The van der Waals surface area contributed by atoms with Crippen LogP contribution in [0.1, 0.15) is 82.6 Å². The van der Waals surface area contributed by atoms with Crippen molar-refractivity contribution in [1.82, 2.24) is 0 Å². The molecule has 0 radical (unpaired) electrons. The highest BCUT2D eigenvalue weighted by Gasteiger charge is 2.47. The molecule has 4 aromatic carbocycles.